The van der Waals surface area contributed by atoms with E-state index in [4.69, 9.17) is 11.6 Å². The SMILES string of the molecule is CNc1ncc(Cl)c(Nc2ccc(C)c(N(C)C)c2)n1. The Kier molecular flexibility index (Phi) is 4.29. The second-order valence-corrected chi connectivity index (χ2v) is 5.07. The van der Waals surface area contributed by atoms with Gasteiger partial charge >= 0.3 is 0 Å². The van der Waals surface area contributed by atoms with Gasteiger partial charge in [0.1, 0.15) is 5.02 Å². The van der Waals surface area contributed by atoms with Crippen molar-refractivity contribution in [1.82, 2.24) is 9.97 Å². The van der Waals surface area contributed by atoms with E-state index >= 15 is 0 Å². The van der Waals surface area contributed by atoms with E-state index in [1.807, 2.05) is 20.2 Å². The van der Waals surface area contributed by atoms with E-state index in [9.17, 15) is 0 Å². The van der Waals surface area contributed by atoms with Crippen molar-refractivity contribution in [1.29, 1.82) is 0 Å². The quantitative estimate of drug-likeness (QED) is 0.905. The molecule has 0 bridgehead atoms. The standard InChI is InChI=1S/C14H18ClN5/c1-9-5-6-10(7-12(9)20(3)4)18-13-11(15)8-17-14(16-2)19-13/h5-8H,1-4H3,(H2,16,17,18,19). The molecule has 0 amide bonds. The average Bonchev–Trinajstić information content (AvgIpc) is 2.43. The highest BCUT2D eigenvalue weighted by atomic mass is 35.5. The number of nitrogens with one attached hydrogen (secondary N) is 2. The van der Waals surface area contributed by atoms with Crippen LogP contribution in [0.4, 0.5) is 23.1 Å². The monoisotopic (exact) mass is 291 g/mol. The molecule has 5 nitrogen and oxygen atoms in total. The van der Waals surface area contributed by atoms with Crippen LogP contribution in [0.3, 0.4) is 0 Å². The van der Waals surface area contributed by atoms with Crippen LogP contribution in [0.15, 0.2) is 24.4 Å². The summed E-state index contributed by atoms with van der Waals surface area (Å²) in [5, 5.41) is 6.59. The molecular weight excluding hydrogens is 274 g/mol. The number of halogens is 1. The zero-order chi connectivity index (χ0) is 14.7. The van der Waals surface area contributed by atoms with Gasteiger partial charge in [-0.1, -0.05) is 17.7 Å². The molecule has 6 heteroatoms. The predicted octanol–water partition coefficient (Wildman–Crippen LogP) is 3.29. The number of hydrogen-bond donors (Lipinski definition) is 2. The molecule has 0 aliphatic carbocycles. The van der Waals surface area contributed by atoms with Gasteiger partial charge in [-0.3, -0.25) is 0 Å². The second kappa shape index (κ2) is 5.96. The van der Waals surface area contributed by atoms with Crippen molar-refractivity contribution in [3.8, 4) is 0 Å². The van der Waals surface area contributed by atoms with Crippen molar-refractivity contribution in [2.75, 3.05) is 36.7 Å². The fourth-order valence-electron chi connectivity index (χ4n) is 1.88. The van der Waals surface area contributed by atoms with Crippen molar-refractivity contribution < 1.29 is 0 Å². The first-order valence-electron chi connectivity index (χ1n) is 6.26. The van der Waals surface area contributed by atoms with Crippen molar-refractivity contribution in [2.24, 2.45) is 0 Å². The summed E-state index contributed by atoms with van der Waals surface area (Å²) >= 11 is 6.11. The number of aromatic nitrogens is 2. The van der Waals surface area contributed by atoms with Gasteiger partial charge in [0.2, 0.25) is 5.95 Å². The number of benzene rings is 1. The molecule has 0 saturated heterocycles. The lowest BCUT2D eigenvalue weighted by molar-refractivity contribution is 1.11. The summed E-state index contributed by atoms with van der Waals surface area (Å²) in [6, 6.07) is 6.12. The third kappa shape index (κ3) is 3.11. The Morgan fingerprint density at radius 1 is 1.25 bits per heavy atom. The van der Waals surface area contributed by atoms with Crippen LogP contribution in [-0.4, -0.2) is 31.1 Å². The zero-order valence-corrected chi connectivity index (χ0v) is 12.8. The minimum Gasteiger partial charge on any atom is -0.377 e. The van der Waals surface area contributed by atoms with Crippen molar-refractivity contribution in [2.45, 2.75) is 6.92 Å². The van der Waals surface area contributed by atoms with Crippen LogP contribution in [0.2, 0.25) is 5.02 Å². The number of hydrogen-bond acceptors (Lipinski definition) is 5. The first-order valence-corrected chi connectivity index (χ1v) is 6.64. The summed E-state index contributed by atoms with van der Waals surface area (Å²) in [5.74, 6) is 1.11. The molecule has 0 radical (unpaired) electrons. The first kappa shape index (κ1) is 14.4. The summed E-state index contributed by atoms with van der Waals surface area (Å²) in [6.45, 7) is 2.08. The van der Waals surface area contributed by atoms with Gasteiger partial charge in [0.15, 0.2) is 5.82 Å². The lowest BCUT2D eigenvalue weighted by Crippen LogP contribution is -2.10. The van der Waals surface area contributed by atoms with Crippen LogP contribution < -0.4 is 15.5 Å². The van der Waals surface area contributed by atoms with E-state index in [1.165, 1.54) is 5.56 Å². The van der Waals surface area contributed by atoms with Crippen LogP contribution in [0.25, 0.3) is 0 Å². The summed E-state index contributed by atoms with van der Waals surface area (Å²) in [7, 11) is 5.80. The van der Waals surface area contributed by atoms with E-state index in [0.29, 0.717) is 16.8 Å². The normalized spacial score (nSPS) is 10.2. The molecule has 0 spiro atoms. The molecule has 2 aromatic rings. The van der Waals surface area contributed by atoms with Crippen LogP contribution >= 0.6 is 11.6 Å². The average molecular weight is 292 g/mol. The minimum absolute atomic E-state index is 0.482. The minimum atomic E-state index is 0.482. The van der Waals surface area contributed by atoms with Gasteiger partial charge in [-0.05, 0) is 24.6 Å². The Morgan fingerprint density at radius 2 is 2.00 bits per heavy atom. The molecule has 0 aliphatic rings. The van der Waals surface area contributed by atoms with Crippen molar-refractivity contribution >= 4 is 34.7 Å². The molecule has 0 unspecified atom stereocenters. The third-order valence-corrected chi connectivity index (χ3v) is 3.20. The van der Waals surface area contributed by atoms with Gasteiger partial charge in [0.25, 0.3) is 0 Å². The van der Waals surface area contributed by atoms with Gasteiger partial charge in [-0.2, -0.15) is 4.98 Å². The second-order valence-electron chi connectivity index (χ2n) is 4.66. The van der Waals surface area contributed by atoms with Gasteiger partial charge in [-0.15, -0.1) is 0 Å². The highest BCUT2D eigenvalue weighted by Gasteiger charge is 2.07. The molecule has 0 atom stereocenters. The zero-order valence-electron chi connectivity index (χ0n) is 12.0. The first-order chi connectivity index (χ1) is 9.51. The maximum absolute atomic E-state index is 6.11. The van der Waals surface area contributed by atoms with Gasteiger partial charge in [-0.25, -0.2) is 4.98 Å². The van der Waals surface area contributed by atoms with E-state index in [0.717, 1.165) is 11.4 Å². The van der Waals surface area contributed by atoms with Crippen molar-refractivity contribution in [3.63, 3.8) is 0 Å². The molecule has 2 N–H and O–H groups in total. The maximum atomic E-state index is 6.11. The van der Waals surface area contributed by atoms with Gasteiger partial charge < -0.3 is 15.5 Å². The lowest BCUT2D eigenvalue weighted by Gasteiger charge is -2.17. The fraction of sp³-hybridized carbons (Fsp3) is 0.286. The smallest absolute Gasteiger partial charge is 0.224 e. The number of anilines is 4. The largest absolute Gasteiger partial charge is 0.377 e. The molecule has 106 valence electrons. The number of rotatable bonds is 4. The van der Waals surface area contributed by atoms with Gasteiger partial charge in [0, 0.05) is 32.5 Å². The van der Waals surface area contributed by atoms with Crippen LogP contribution in [0.5, 0.6) is 0 Å². The van der Waals surface area contributed by atoms with E-state index < -0.39 is 0 Å². The molecule has 20 heavy (non-hydrogen) atoms. The molecule has 2 rings (SSSR count). The Labute approximate surface area is 124 Å². The van der Waals surface area contributed by atoms with Crippen LogP contribution in [0, 0.1) is 6.92 Å². The topological polar surface area (TPSA) is 53.1 Å². The molecule has 1 heterocycles. The summed E-state index contributed by atoms with van der Waals surface area (Å²) in [4.78, 5) is 10.4. The Balaban J connectivity index is 2.32. The highest BCUT2D eigenvalue weighted by molar-refractivity contribution is 6.32. The van der Waals surface area contributed by atoms with Crippen LogP contribution in [0.1, 0.15) is 5.56 Å². The Bertz CT molecular complexity index is 613. The van der Waals surface area contributed by atoms with E-state index in [-0.39, 0.29) is 0 Å². The fourth-order valence-corrected chi connectivity index (χ4v) is 2.02. The molecular formula is C14H18ClN5. The summed E-state index contributed by atoms with van der Waals surface area (Å²) < 4.78 is 0. The Hall–Kier alpha value is -2.01. The maximum Gasteiger partial charge on any atom is 0.224 e. The summed E-state index contributed by atoms with van der Waals surface area (Å²) in [6.07, 6.45) is 1.57. The lowest BCUT2D eigenvalue weighted by atomic mass is 10.1. The molecule has 1 aromatic carbocycles. The molecule has 0 aliphatic heterocycles. The summed E-state index contributed by atoms with van der Waals surface area (Å²) in [5.41, 5.74) is 3.29. The third-order valence-electron chi connectivity index (χ3n) is 2.92. The number of aryl methyl sites for hydroxylation is 1. The molecule has 0 fully saturated rings. The van der Waals surface area contributed by atoms with Crippen LogP contribution in [-0.2, 0) is 0 Å². The Morgan fingerprint density at radius 3 is 2.65 bits per heavy atom. The molecule has 0 saturated carbocycles. The van der Waals surface area contributed by atoms with E-state index in [1.54, 1.807) is 13.2 Å². The molecule has 1 aromatic heterocycles. The van der Waals surface area contributed by atoms with Crippen molar-refractivity contribution in [3.05, 3.63) is 35.0 Å². The van der Waals surface area contributed by atoms with E-state index in [2.05, 4.69) is 44.6 Å². The predicted molar refractivity (Wildman–Crippen MR) is 85.4 cm³/mol. The highest BCUT2D eigenvalue weighted by Crippen LogP contribution is 2.27. The van der Waals surface area contributed by atoms with Gasteiger partial charge in [0.05, 0.1) is 6.20 Å². The number of nitrogens with zero attached hydrogens (tertiary/aromatic N) is 3.